The van der Waals surface area contributed by atoms with Crippen LogP contribution in [0.2, 0.25) is 5.28 Å². The van der Waals surface area contributed by atoms with Crippen LogP contribution in [0.15, 0.2) is 30.3 Å². The summed E-state index contributed by atoms with van der Waals surface area (Å²) in [6.45, 7) is 2.02. The van der Waals surface area contributed by atoms with Gasteiger partial charge in [-0.1, -0.05) is 0 Å². The lowest BCUT2D eigenvalue weighted by atomic mass is 10.2. The maximum absolute atomic E-state index is 13.0. The summed E-state index contributed by atoms with van der Waals surface area (Å²) in [5.41, 5.74) is 0.839. The molecule has 0 unspecified atom stereocenters. The topological polar surface area (TPSA) is 29.0 Å². The minimum atomic E-state index is -0.264. The maximum atomic E-state index is 13.0. The van der Waals surface area contributed by atoms with Crippen LogP contribution in [0.3, 0.4) is 0 Å². The highest BCUT2D eigenvalue weighted by Gasteiger charge is 2.14. The van der Waals surface area contributed by atoms with E-state index in [0.717, 1.165) is 26.6 Å². The molecule has 0 bridgehead atoms. The Hall–Kier alpha value is -1.72. The number of rotatable bonds is 2. The highest BCUT2D eigenvalue weighted by Crippen LogP contribution is 2.34. The number of thiophene rings is 1. The lowest BCUT2D eigenvalue weighted by molar-refractivity contribution is 0.628. The minimum Gasteiger partial charge on any atom is -0.329 e. The monoisotopic (exact) mass is 307 g/mol. The van der Waals surface area contributed by atoms with Crippen molar-refractivity contribution in [2.75, 3.05) is 11.9 Å². The van der Waals surface area contributed by atoms with Crippen LogP contribution in [-0.4, -0.2) is 17.0 Å². The maximum Gasteiger partial charge on any atom is 0.225 e. The van der Waals surface area contributed by atoms with E-state index in [0.29, 0.717) is 0 Å². The summed E-state index contributed by atoms with van der Waals surface area (Å²) in [5.74, 6) is 0.454. The summed E-state index contributed by atoms with van der Waals surface area (Å²) in [6, 6.07) is 8.29. The van der Waals surface area contributed by atoms with Gasteiger partial charge in [-0.15, -0.1) is 11.3 Å². The fourth-order valence-corrected chi connectivity index (χ4v) is 3.13. The number of hydrogen-bond donors (Lipinski definition) is 0. The first kappa shape index (κ1) is 13.3. The van der Waals surface area contributed by atoms with Gasteiger partial charge in [0.15, 0.2) is 0 Å². The number of hydrogen-bond acceptors (Lipinski definition) is 4. The second-order valence-corrected chi connectivity index (χ2v) is 6.00. The lowest BCUT2D eigenvalue weighted by Gasteiger charge is -2.19. The molecule has 2 heterocycles. The van der Waals surface area contributed by atoms with E-state index in [-0.39, 0.29) is 11.1 Å². The molecular weight excluding hydrogens is 297 g/mol. The van der Waals surface area contributed by atoms with Crippen LogP contribution >= 0.6 is 22.9 Å². The van der Waals surface area contributed by atoms with Crippen molar-refractivity contribution in [1.82, 2.24) is 9.97 Å². The van der Waals surface area contributed by atoms with Gasteiger partial charge < -0.3 is 4.90 Å². The summed E-state index contributed by atoms with van der Waals surface area (Å²) in [5, 5.41) is 1.16. The molecule has 0 atom stereocenters. The van der Waals surface area contributed by atoms with Crippen molar-refractivity contribution in [3.8, 4) is 0 Å². The predicted octanol–water partition coefficient (Wildman–Crippen LogP) is 4.56. The van der Waals surface area contributed by atoms with E-state index >= 15 is 0 Å². The van der Waals surface area contributed by atoms with Crippen molar-refractivity contribution in [3.05, 3.63) is 46.3 Å². The number of aromatic nitrogens is 2. The Morgan fingerprint density at radius 3 is 2.60 bits per heavy atom. The largest absolute Gasteiger partial charge is 0.329 e. The van der Waals surface area contributed by atoms with Crippen molar-refractivity contribution in [3.63, 3.8) is 0 Å². The summed E-state index contributed by atoms with van der Waals surface area (Å²) >= 11 is 7.56. The quantitative estimate of drug-likeness (QED) is 0.650. The smallest absolute Gasteiger partial charge is 0.225 e. The number of aryl methyl sites for hydroxylation is 1. The van der Waals surface area contributed by atoms with Gasteiger partial charge in [-0.2, -0.15) is 4.98 Å². The van der Waals surface area contributed by atoms with Crippen LogP contribution in [0, 0.1) is 12.7 Å². The first-order valence-electron chi connectivity index (χ1n) is 5.97. The Morgan fingerprint density at radius 1 is 1.20 bits per heavy atom. The number of benzene rings is 1. The van der Waals surface area contributed by atoms with Gasteiger partial charge in [0.25, 0.3) is 0 Å². The Kier molecular flexibility index (Phi) is 3.31. The first-order chi connectivity index (χ1) is 9.54. The predicted molar refractivity (Wildman–Crippen MR) is 81.6 cm³/mol. The molecule has 0 amide bonds. The minimum absolute atomic E-state index is 0.211. The van der Waals surface area contributed by atoms with Crippen LogP contribution in [-0.2, 0) is 0 Å². The second-order valence-electron chi connectivity index (χ2n) is 4.43. The molecule has 3 rings (SSSR count). The molecule has 102 valence electrons. The van der Waals surface area contributed by atoms with Crippen LogP contribution < -0.4 is 4.90 Å². The van der Waals surface area contributed by atoms with Crippen molar-refractivity contribution in [2.24, 2.45) is 0 Å². The average Bonchev–Trinajstić information content (AvgIpc) is 2.78. The molecule has 0 spiro atoms. The summed E-state index contributed by atoms with van der Waals surface area (Å²) in [4.78, 5) is 12.4. The highest BCUT2D eigenvalue weighted by molar-refractivity contribution is 7.18. The fraction of sp³-hybridized carbons (Fsp3) is 0.143. The second kappa shape index (κ2) is 5.00. The number of halogens is 2. The molecule has 1 aromatic carbocycles. The van der Waals surface area contributed by atoms with Crippen molar-refractivity contribution < 1.29 is 4.39 Å². The molecule has 0 saturated carbocycles. The van der Waals surface area contributed by atoms with Gasteiger partial charge in [0.2, 0.25) is 5.28 Å². The van der Waals surface area contributed by atoms with Crippen molar-refractivity contribution in [2.45, 2.75) is 6.92 Å². The van der Waals surface area contributed by atoms with Gasteiger partial charge in [0.05, 0.1) is 5.39 Å². The zero-order valence-corrected chi connectivity index (χ0v) is 12.5. The SMILES string of the molecule is Cc1cc2c(N(C)c3ccc(F)cc3)nc(Cl)nc2s1. The average molecular weight is 308 g/mol. The molecule has 0 aliphatic rings. The van der Waals surface area contributed by atoms with E-state index in [2.05, 4.69) is 9.97 Å². The van der Waals surface area contributed by atoms with E-state index in [9.17, 15) is 4.39 Å². The van der Waals surface area contributed by atoms with Gasteiger partial charge in [-0.3, -0.25) is 0 Å². The molecule has 3 nitrogen and oxygen atoms in total. The molecular formula is C14H11ClFN3S. The van der Waals surface area contributed by atoms with Crippen molar-refractivity contribution in [1.29, 1.82) is 0 Å². The molecule has 0 aliphatic carbocycles. The molecule has 0 fully saturated rings. The van der Waals surface area contributed by atoms with Crippen LogP contribution in [0.25, 0.3) is 10.2 Å². The Balaban J connectivity index is 2.15. The van der Waals surface area contributed by atoms with Gasteiger partial charge >= 0.3 is 0 Å². The lowest BCUT2D eigenvalue weighted by Crippen LogP contribution is -2.12. The van der Waals surface area contributed by atoms with Crippen LogP contribution in [0.5, 0.6) is 0 Å². The fourth-order valence-electron chi connectivity index (χ4n) is 2.04. The van der Waals surface area contributed by atoms with Gasteiger partial charge in [-0.25, -0.2) is 9.37 Å². The van der Waals surface area contributed by atoms with E-state index in [4.69, 9.17) is 11.6 Å². The third-order valence-corrected chi connectivity index (χ3v) is 4.11. The molecule has 0 N–H and O–H groups in total. The van der Waals surface area contributed by atoms with E-state index < -0.39 is 0 Å². The van der Waals surface area contributed by atoms with E-state index in [1.165, 1.54) is 12.1 Å². The summed E-state index contributed by atoms with van der Waals surface area (Å²) in [7, 11) is 1.87. The van der Waals surface area contributed by atoms with Crippen LogP contribution in [0.1, 0.15) is 4.88 Å². The number of anilines is 2. The standard InChI is InChI=1S/C14H11ClFN3S/c1-8-7-11-12(17-14(15)18-13(11)20-8)19(2)10-5-3-9(16)4-6-10/h3-7H,1-2H3. The number of nitrogens with zero attached hydrogens (tertiary/aromatic N) is 3. The molecule has 0 aliphatic heterocycles. The third kappa shape index (κ3) is 2.34. The molecule has 3 aromatic rings. The van der Waals surface area contributed by atoms with Gasteiger partial charge in [-0.05, 0) is 48.9 Å². The zero-order chi connectivity index (χ0) is 14.3. The molecule has 0 saturated heterocycles. The Labute approximate surface area is 124 Å². The summed E-state index contributed by atoms with van der Waals surface area (Å²) < 4.78 is 13.0. The zero-order valence-electron chi connectivity index (χ0n) is 10.9. The van der Waals surface area contributed by atoms with Crippen molar-refractivity contribution >= 4 is 44.7 Å². The third-order valence-electron chi connectivity index (χ3n) is 3.00. The molecule has 20 heavy (non-hydrogen) atoms. The van der Waals surface area contributed by atoms with Crippen LogP contribution in [0.4, 0.5) is 15.9 Å². The molecule has 0 radical (unpaired) electrons. The Bertz CT molecular complexity index is 770. The first-order valence-corrected chi connectivity index (χ1v) is 7.17. The van der Waals surface area contributed by atoms with E-state index in [1.807, 2.05) is 24.9 Å². The normalized spacial score (nSPS) is 11.0. The van der Waals surface area contributed by atoms with E-state index in [1.54, 1.807) is 23.5 Å². The summed E-state index contributed by atoms with van der Waals surface area (Å²) in [6.07, 6.45) is 0. The molecule has 6 heteroatoms. The molecule has 2 aromatic heterocycles. The van der Waals surface area contributed by atoms with Gasteiger partial charge in [0, 0.05) is 17.6 Å². The van der Waals surface area contributed by atoms with Gasteiger partial charge in [0.1, 0.15) is 16.5 Å². The number of fused-ring (bicyclic) bond motifs is 1. The highest BCUT2D eigenvalue weighted by atomic mass is 35.5. The Morgan fingerprint density at radius 2 is 1.90 bits per heavy atom.